The lowest BCUT2D eigenvalue weighted by Gasteiger charge is -2.11. The molecule has 3 nitrogen and oxygen atoms in total. The third kappa shape index (κ3) is 5.70. The molecule has 0 atom stereocenters. The van der Waals surface area contributed by atoms with Gasteiger partial charge in [-0.25, -0.2) is 9.98 Å². The molecule has 3 rings (SSSR count). The van der Waals surface area contributed by atoms with Crippen molar-refractivity contribution in [1.29, 1.82) is 0 Å². The summed E-state index contributed by atoms with van der Waals surface area (Å²) in [5.74, 6) is 0.745. The highest BCUT2D eigenvalue weighted by molar-refractivity contribution is 7.09. The number of hydrogen-bond donors (Lipinski definition) is 0. The summed E-state index contributed by atoms with van der Waals surface area (Å²) in [5, 5.41) is 3.48. The molecule has 0 amide bonds. The van der Waals surface area contributed by atoms with E-state index in [1.807, 2.05) is 13.4 Å². The van der Waals surface area contributed by atoms with Crippen molar-refractivity contribution < 1.29 is 0 Å². The highest BCUT2D eigenvalue weighted by Crippen LogP contribution is 2.40. The van der Waals surface area contributed by atoms with Crippen molar-refractivity contribution >= 4 is 48.2 Å². The van der Waals surface area contributed by atoms with Gasteiger partial charge in [0.05, 0.1) is 22.7 Å². The van der Waals surface area contributed by atoms with Gasteiger partial charge in [0.1, 0.15) is 0 Å². The zero-order valence-electron chi connectivity index (χ0n) is 15.3. The summed E-state index contributed by atoms with van der Waals surface area (Å²) in [5.41, 5.74) is 6.25. The molecule has 2 aromatic rings. The van der Waals surface area contributed by atoms with Gasteiger partial charge >= 0.3 is 0 Å². The Bertz CT molecular complexity index is 723. The molecule has 1 aliphatic carbocycles. The van der Waals surface area contributed by atoms with E-state index in [0.717, 1.165) is 24.6 Å². The standard InChI is InChI=1S/C19H25N3S.2ClH/c1-5-22(4)12-20-17-9-13(2)16(8-14(17)3)10-19-21-18(11-23-19)15-6-7-15;;/h8-9,11-12,15H,5-7,10H2,1-4H3;2*1H/b20-12-;;. The first-order valence-corrected chi connectivity index (χ1v) is 9.23. The molecule has 0 saturated heterocycles. The summed E-state index contributed by atoms with van der Waals surface area (Å²) < 4.78 is 0. The molecule has 1 aromatic carbocycles. The first-order chi connectivity index (χ1) is 11.1. The largest absolute Gasteiger partial charge is 0.366 e. The van der Waals surface area contributed by atoms with Crippen LogP contribution in [0.25, 0.3) is 0 Å². The topological polar surface area (TPSA) is 28.5 Å². The lowest BCUT2D eigenvalue weighted by atomic mass is 10.0. The lowest BCUT2D eigenvalue weighted by Crippen LogP contribution is -2.14. The van der Waals surface area contributed by atoms with Crippen LogP contribution in [0.15, 0.2) is 22.5 Å². The highest BCUT2D eigenvalue weighted by atomic mass is 35.5. The van der Waals surface area contributed by atoms with Crippen LogP contribution in [0, 0.1) is 13.8 Å². The van der Waals surface area contributed by atoms with Gasteiger partial charge < -0.3 is 4.90 Å². The summed E-state index contributed by atoms with van der Waals surface area (Å²) in [7, 11) is 2.04. The molecule has 138 valence electrons. The fourth-order valence-electron chi connectivity index (χ4n) is 2.57. The molecule has 1 aliphatic rings. The minimum absolute atomic E-state index is 0. The molecule has 25 heavy (non-hydrogen) atoms. The van der Waals surface area contributed by atoms with Crippen molar-refractivity contribution in [1.82, 2.24) is 9.88 Å². The van der Waals surface area contributed by atoms with Gasteiger partial charge in [-0.05, 0) is 56.4 Å². The summed E-state index contributed by atoms with van der Waals surface area (Å²) >= 11 is 1.80. The smallest absolute Gasteiger partial charge is 0.0972 e. The molecule has 0 radical (unpaired) electrons. The minimum atomic E-state index is 0. The lowest BCUT2D eigenvalue weighted by molar-refractivity contribution is 0.552. The van der Waals surface area contributed by atoms with Crippen molar-refractivity contribution in [3.63, 3.8) is 0 Å². The number of aromatic nitrogens is 1. The van der Waals surface area contributed by atoms with E-state index in [1.165, 1.54) is 40.2 Å². The number of aryl methyl sites for hydroxylation is 2. The SMILES string of the molecule is CCN(C)/C=N\c1cc(C)c(Cc2nc(C3CC3)cs2)cc1C.Cl.Cl. The van der Waals surface area contributed by atoms with Crippen molar-refractivity contribution in [3.8, 4) is 0 Å². The van der Waals surface area contributed by atoms with Gasteiger partial charge in [-0.3, -0.25) is 0 Å². The monoisotopic (exact) mass is 399 g/mol. The van der Waals surface area contributed by atoms with Crippen LogP contribution in [0.3, 0.4) is 0 Å². The van der Waals surface area contributed by atoms with E-state index in [2.05, 4.69) is 48.2 Å². The van der Waals surface area contributed by atoms with E-state index < -0.39 is 0 Å². The third-order valence-electron chi connectivity index (χ3n) is 4.45. The van der Waals surface area contributed by atoms with Crippen LogP contribution in [0.4, 0.5) is 5.69 Å². The highest BCUT2D eigenvalue weighted by Gasteiger charge is 2.26. The molecular weight excluding hydrogens is 373 g/mol. The van der Waals surface area contributed by atoms with E-state index in [1.54, 1.807) is 11.3 Å². The summed E-state index contributed by atoms with van der Waals surface area (Å²) in [6, 6.07) is 4.46. The zero-order valence-corrected chi connectivity index (χ0v) is 17.7. The van der Waals surface area contributed by atoms with Crippen LogP contribution < -0.4 is 0 Å². The van der Waals surface area contributed by atoms with E-state index in [4.69, 9.17) is 4.98 Å². The zero-order chi connectivity index (χ0) is 16.4. The van der Waals surface area contributed by atoms with Crippen molar-refractivity contribution in [2.45, 2.75) is 46.0 Å². The molecule has 1 aromatic heterocycles. The number of hydrogen-bond acceptors (Lipinski definition) is 3. The van der Waals surface area contributed by atoms with Gasteiger partial charge in [0.25, 0.3) is 0 Å². The predicted octanol–water partition coefficient (Wildman–Crippen LogP) is 5.68. The number of benzene rings is 1. The van der Waals surface area contributed by atoms with E-state index >= 15 is 0 Å². The normalized spacial score (nSPS) is 13.4. The second-order valence-corrected chi connectivity index (χ2v) is 7.44. The predicted molar refractivity (Wildman–Crippen MR) is 114 cm³/mol. The fraction of sp³-hybridized carbons (Fsp3) is 0.474. The van der Waals surface area contributed by atoms with Gasteiger partial charge in [-0.15, -0.1) is 36.2 Å². The number of aliphatic imine (C=N–C) groups is 1. The Morgan fingerprint density at radius 1 is 1.24 bits per heavy atom. The Morgan fingerprint density at radius 3 is 2.60 bits per heavy atom. The number of rotatable bonds is 6. The first kappa shape index (κ1) is 21.9. The molecule has 1 saturated carbocycles. The number of halogens is 2. The minimum Gasteiger partial charge on any atom is -0.366 e. The van der Waals surface area contributed by atoms with Crippen molar-refractivity contribution in [3.05, 3.63) is 44.9 Å². The van der Waals surface area contributed by atoms with Crippen molar-refractivity contribution in [2.24, 2.45) is 4.99 Å². The van der Waals surface area contributed by atoms with Crippen LogP contribution in [0.5, 0.6) is 0 Å². The van der Waals surface area contributed by atoms with Crippen molar-refractivity contribution in [2.75, 3.05) is 13.6 Å². The third-order valence-corrected chi connectivity index (χ3v) is 5.32. The molecule has 6 heteroatoms. The maximum Gasteiger partial charge on any atom is 0.0972 e. The summed E-state index contributed by atoms with van der Waals surface area (Å²) in [4.78, 5) is 11.5. The molecule has 0 spiro atoms. The number of nitrogens with zero attached hydrogens (tertiary/aromatic N) is 3. The van der Waals surface area contributed by atoms with E-state index in [0.29, 0.717) is 0 Å². The second-order valence-electron chi connectivity index (χ2n) is 6.50. The Kier molecular flexibility index (Phi) is 8.39. The maximum atomic E-state index is 4.81. The second kappa shape index (κ2) is 9.56. The molecule has 0 N–H and O–H groups in total. The van der Waals surface area contributed by atoms with Crippen LogP contribution in [-0.2, 0) is 6.42 Å². The van der Waals surface area contributed by atoms with Gasteiger partial charge in [0.2, 0.25) is 0 Å². The van der Waals surface area contributed by atoms with Gasteiger partial charge in [0.15, 0.2) is 0 Å². The number of thiazole rings is 1. The first-order valence-electron chi connectivity index (χ1n) is 8.35. The average molecular weight is 400 g/mol. The Hall–Kier alpha value is -1.10. The molecule has 1 heterocycles. The van der Waals surface area contributed by atoms with E-state index in [9.17, 15) is 0 Å². The molecule has 0 aliphatic heterocycles. The van der Waals surface area contributed by atoms with Gasteiger partial charge in [-0.1, -0.05) is 6.07 Å². The molecule has 0 bridgehead atoms. The molecular formula is C19H27Cl2N3S. The fourth-order valence-corrected chi connectivity index (χ4v) is 3.47. The Morgan fingerprint density at radius 2 is 1.96 bits per heavy atom. The van der Waals surface area contributed by atoms with Gasteiger partial charge in [0, 0.05) is 31.3 Å². The summed E-state index contributed by atoms with van der Waals surface area (Å²) in [6.07, 6.45) is 5.48. The molecule has 1 fully saturated rings. The van der Waals surface area contributed by atoms with Gasteiger partial charge in [-0.2, -0.15) is 0 Å². The van der Waals surface area contributed by atoms with E-state index in [-0.39, 0.29) is 24.8 Å². The summed E-state index contributed by atoms with van der Waals surface area (Å²) in [6.45, 7) is 7.40. The van der Waals surface area contributed by atoms with Crippen LogP contribution in [0.2, 0.25) is 0 Å². The van der Waals surface area contributed by atoms with Crippen LogP contribution in [0.1, 0.15) is 53.1 Å². The Balaban J connectivity index is 0.00000156. The van der Waals surface area contributed by atoms with Crippen LogP contribution in [-0.4, -0.2) is 29.8 Å². The Labute approximate surface area is 167 Å². The average Bonchev–Trinajstić information content (AvgIpc) is 3.29. The quantitative estimate of drug-likeness (QED) is 0.461. The van der Waals surface area contributed by atoms with Crippen LogP contribution >= 0.6 is 36.2 Å². The molecule has 0 unspecified atom stereocenters. The maximum absolute atomic E-state index is 4.81.